The van der Waals surface area contributed by atoms with Gasteiger partial charge < -0.3 is 19.3 Å². The lowest BCUT2D eigenvalue weighted by Crippen LogP contribution is -2.38. The molecule has 0 radical (unpaired) electrons. The molecule has 1 aliphatic heterocycles. The van der Waals surface area contributed by atoms with Gasteiger partial charge in [0.05, 0.1) is 30.8 Å². The van der Waals surface area contributed by atoms with E-state index in [1.165, 1.54) is 42.5 Å². The monoisotopic (exact) mass is 752 g/mol. The molecule has 53 heavy (non-hydrogen) atoms. The van der Waals surface area contributed by atoms with E-state index in [9.17, 15) is 55.1 Å². The molecule has 1 saturated heterocycles. The van der Waals surface area contributed by atoms with Crippen molar-refractivity contribution < 1.29 is 58.8 Å². The van der Waals surface area contributed by atoms with Crippen molar-refractivity contribution in [1.29, 1.82) is 10.5 Å². The third-order valence-electron chi connectivity index (χ3n) is 7.57. The number of alkyl halides is 9. The van der Waals surface area contributed by atoms with Gasteiger partial charge in [0, 0.05) is 6.42 Å². The second-order valence-electron chi connectivity index (χ2n) is 12.0. The standard InChI is InChI=1S/C19H15F6NO2.C16H12F3NO.C3H6O/c1-12-4-2-5-13(8-12)17(11-26,10-16(27)18(20,21)22)14-6-3-7-15(9-14)28-19(23,24)25;1-11-4-2-5-12(8-11)15(10-20)13-6-3-7-14(9-13)21-16(17,18)19;1-3-2-4-3/h2-9,16,27H,10H2,1H3;2-9,15H,1H3;3H,2H2,1H3/t16-,17?;;3-/m0.1/s1. The van der Waals surface area contributed by atoms with Crippen LogP contribution in [0.4, 0.5) is 39.5 Å². The van der Waals surface area contributed by atoms with E-state index >= 15 is 0 Å². The van der Waals surface area contributed by atoms with Gasteiger partial charge >= 0.3 is 18.9 Å². The zero-order valence-electron chi connectivity index (χ0n) is 28.4. The van der Waals surface area contributed by atoms with Gasteiger partial charge in [0.2, 0.25) is 0 Å². The van der Waals surface area contributed by atoms with Crippen LogP contribution < -0.4 is 9.47 Å². The van der Waals surface area contributed by atoms with Gasteiger partial charge in [-0.3, -0.25) is 0 Å². The van der Waals surface area contributed by atoms with Gasteiger partial charge in [-0.2, -0.15) is 23.7 Å². The Morgan fingerprint density at radius 2 is 1.15 bits per heavy atom. The van der Waals surface area contributed by atoms with Crippen LogP contribution in [0.25, 0.3) is 0 Å². The molecule has 4 aromatic rings. The second-order valence-corrected chi connectivity index (χ2v) is 12.0. The van der Waals surface area contributed by atoms with Crippen LogP contribution in [0.3, 0.4) is 0 Å². The number of halogens is 9. The molecule has 0 bridgehead atoms. The molecular formula is C38H33F9N2O4. The van der Waals surface area contributed by atoms with Crippen molar-refractivity contribution in [2.75, 3.05) is 6.61 Å². The molecule has 0 aromatic heterocycles. The number of hydrogen-bond donors (Lipinski definition) is 1. The Morgan fingerprint density at radius 1 is 0.717 bits per heavy atom. The largest absolute Gasteiger partial charge is 0.573 e. The maximum absolute atomic E-state index is 13.0. The maximum atomic E-state index is 13.0. The van der Waals surface area contributed by atoms with Crippen LogP contribution in [0, 0.1) is 36.5 Å². The van der Waals surface area contributed by atoms with Gasteiger partial charge in [0.15, 0.2) is 6.10 Å². The Morgan fingerprint density at radius 3 is 1.58 bits per heavy atom. The summed E-state index contributed by atoms with van der Waals surface area (Å²) in [7, 11) is 0. The van der Waals surface area contributed by atoms with E-state index in [0.29, 0.717) is 17.2 Å². The SMILES string of the molecule is C[C@@H]1CO1.Cc1cccc(C(C#N)(C[C@H](O)C(F)(F)F)c2cccc(OC(F)(F)F)c2)c1.Cc1cccc(C(C#N)c2cccc(OC(F)(F)F)c2)c1. The van der Waals surface area contributed by atoms with Crippen molar-refractivity contribution in [3.8, 4) is 23.6 Å². The molecule has 0 amide bonds. The lowest BCUT2D eigenvalue weighted by atomic mass is 9.71. The number of epoxide rings is 1. The molecule has 1 aliphatic rings. The van der Waals surface area contributed by atoms with Crippen molar-refractivity contribution in [2.24, 2.45) is 0 Å². The van der Waals surface area contributed by atoms with E-state index in [0.717, 1.165) is 35.9 Å². The Hall–Kier alpha value is -5.25. The number of nitrogens with zero attached hydrogens (tertiary/aromatic N) is 2. The molecule has 1 N–H and O–H groups in total. The van der Waals surface area contributed by atoms with E-state index in [1.54, 1.807) is 31.2 Å². The summed E-state index contributed by atoms with van der Waals surface area (Å²) in [4.78, 5) is 0. The average molecular weight is 753 g/mol. The van der Waals surface area contributed by atoms with Crippen LogP contribution in [0.2, 0.25) is 0 Å². The predicted octanol–water partition coefficient (Wildman–Crippen LogP) is 9.97. The van der Waals surface area contributed by atoms with Gasteiger partial charge in [-0.15, -0.1) is 26.3 Å². The molecule has 4 aromatic carbocycles. The van der Waals surface area contributed by atoms with Crippen LogP contribution in [0.1, 0.15) is 52.6 Å². The number of nitriles is 2. The fraction of sp³-hybridized carbons (Fsp3) is 0.316. The third kappa shape index (κ3) is 13.3. The first-order valence-electron chi connectivity index (χ1n) is 15.7. The maximum Gasteiger partial charge on any atom is 0.573 e. The minimum atomic E-state index is -5.01. The lowest BCUT2D eigenvalue weighted by molar-refractivity contribution is -0.275. The molecule has 1 heterocycles. The highest BCUT2D eigenvalue weighted by Gasteiger charge is 2.47. The molecule has 1 fully saturated rings. The number of aliphatic hydroxyl groups is 1. The van der Waals surface area contributed by atoms with Crippen LogP contribution in [-0.4, -0.2) is 42.8 Å². The fourth-order valence-corrected chi connectivity index (χ4v) is 5.03. The number of benzene rings is 4. The number of ether oxygens (including phenoxy) is 3. The minimum Gasteiger partial charge on any atom is -0.406 e. The summed E-state index contributed by atoms with van der Waals surface area (Å²) in [6, 6.07) is 26.9. The fourth-order valence-electron chi connectivity index (χ4n) is 5.03. The molecule has 15 heteroatoms. The quantitative estimate of drug-likeness (QED) is 0.142. The molecule has 0 spiro atoms. The minimum absolute atomic E-state index is 0.113. The highest BCUT2D eigenvalue weighted by atomic mass is 19.4. The summed E-state index contributed by atoms with van der Waals surface area (Å²) in [5.41, 5.74) is 0.711. The summed E-state index contributed by atoms with van der Waals surface area (Å²) >= 11 is 0. The topological polar surface area (TPSA) is 98.8 Å². The Balaban J connectivity index is 0.000000265. The van der Waals surface area contributed by atoms with E-state index in [4.69, 9.17) is 4.74 Å². The summed E-state index contributed by atoms with van der Waals surface area (Å²) in [5.74, 6) is -1.65. The summed E-state index contributed by atoms with van der Waals surface area (Å²) in [5, 5.41) is 28.8. The summed E-state index contributed by atoms with van der Waals surface area (Å²) in [6.07, 6.45) is -18.1. The van der Waals surface area contributed by atoms with Gasteiger partial charge in [-0.05, 0) is 67.3 Å². The predicted molar refractivity (Wildman–Crippen MR) is 175 cm³/mol. The van der Waals surface area contributed by atoms with E-state index < -0.39 is 48.5 Å². The summed E-state index contributed by atoms with van der Waals surface area (Å²) in [6.45, 7) is 6.58. The molecule has 6 nitrogen and oxygen atoms in total. The number of rotatable bonds is 8. The Bertz CT molecular complexity index is 1890. The Labute approximate surface area is 299 Å². The molecule has 282 valence electrons. The lowest BCUT2D eigenvalue weighted by Gasteiger charge is -2.31. The van der Waals surface area contributed by atoms with Crippen molar-refractivity contribution in [3.05, 3.63) is 130 Å². The van der Waals surface area contributed by atoms with Crippen molar-refractivity contribution >= 4 is 0 Å². The zero-order chi connectivity index (χ0) is 39.6. The molecular weight excluding hydrogens is 719 g/mol. The Kier molecular flexibility index (Phi) is 13.9. The first-order chi connectivity index (χ1) is 24.7. The number of aliphatic hydroxyl groups excluding tert-OH is 1. The van der Waals surface area contributed by atoms with Crippen molar-refractivity contribution in [3.63, 3.8) is 0 Å². The number of aryl methyl sites for hydroxylation is 2. The van der Waals surface area contributed by atoms with Gasteiger partial charge in [-0.1, -0.05) is 83.9 Å². The molecule has 2 unspecified atom stereocenters. The van der Waals surface area contributed by atoms with Crippen LogP contribution >= 0.6 is 0 Å². The van der Waals surface area contributed by atoms with Crippen LogP contribution in [0.15, 0.2) is 97.1 Å². The van der Waals surface area contributed by atoms with Crippen molar-refractivity contribution in [1.82, 2.24) is 0 Å². The zero-order valence-corrected chi connectivity index (χ0v) is 28.4. The van der Waals surface area contributed by atoms with E-state index in [2.05, 4.69) is 22.5 Å². The average Bonchev–Trinajstić information content (AvgIpc) is 3.85. The normalized spacial score (nSPS) is 16.1. The van der Waals surface area contributed by atoms with E-state index in [1.807, 2.05) is 25.1 Å². The first-order valence-corrected chi connectivity index (χ1v) is 15.7. The van der Waals surface area contributed by atoms with Crippen molar-refractivity contribution in [2.45, 2.75) is 69.6 Å². The smallest absolute Gasteiger partial charge is 0.406 e. The highest BCUT2D eigenvalue weighted by Crippen LogP contribution is 2.41. The molecule has 0 aliphatic carbocycles. The van der Waals surface area contributed by atoms with Gasteiger partial charge in [0.1, 0.15) is 16.9 Å². The van der Waals surface area contributed by atoms with Gasteiger partial charge in [-0.25, -0.2) is 0 Å². The second kappa shape index (κ2) is 17.5. The highest BCUT2D eigenvalue weighted by molar-refractivity contribution is 5.49. The summed E-state index contributed by atoms with van der Waals surface area (Å²) < 4.78 is 126. The van der Waals surface area contributed by atoms with Crippen LogP contribution in [0.5, 0.6) is 11.5 Å². The van der Waals surface area contributed by atoms with Gasteiger partial charge in [0.25, 0.3) is 0 Å². The van der Waals surface area contributed by atoms with E-state index in [-0.39, 0.29) is 16.9 Å². The molecule has 0 saturated carbocycles. The molecule has 4 atom stereocenters. The number of hydrogen-bond acceptors (Lipinski definition) is 6. The third-order valence-corrected chi connectivity index (χ3v) is 7.57. The van der Waals surface area contributed by atoms with Crippen LogP contribution in [-0.2, 0) is 10.2 Å². The molecule has 5 rings (SSSR count). The first kappa shape index (κ1) is 42.2.